The average molecular weight is 230 g/mol. The van der Waals surface area contributed by atoms with Gasteiger partial charge in [0, 0.05) is 12.8 Å². The van der Waals surface area contributed by atoms with Gasteiger partial charge < -0.3 is 10.1 Å². The van der Waals surface area contributed by atoms with E-state index in [1.165, 1.54) is 0 Å². The standard InChI is InChI=1S/C13H14N2O2/c16-12-10-3-1-2-4-11(10)17-13(9-15-12)5-7-14-8-6-13/h1-4,9,14H,5-8H2. The number of rotatable bonds is 0. The maximum absolute atomic E-state index is 11.8. The van der Waals surface area contributed by atoms with Crippen LogP contribution in [-0.2, 0) is 0 Å². The predicted molar refractivity (Wildman–Crippen MR) is 64.7 cm³/mol. The minimum absolute atomic E-state index is 0.212. The molecule has 0 aromatic heterocycles. The van der Waals surface area contributed by atoms with Crippen molar-refractivity contribution in [3.05, 3.63) is 29.8 Å². The van der Waals surface area contributed by atoms with Gasteiger partial charge in [0.1, 0.15) is 11.4 Å². The molecule has 2 aliphatic rings. The Bertz CT molecular complexity index is 476. The topological polar surface area (TPSA) is 50.7 Å². The predicted octanol–water partition coefficient (Wildman–Crippen LogP) is 1.41. The van der Waals surface area contributed by atoms with Crippen LogP contribution in [0.5, 0.6) is 5.75 Å². The van der Waals surface area contributed by atoms with Gasteiger partial charge >= 0.3 is 0 Å². The fourth-order valence-electron chi connectivity index (χ4n) is 2.30. The molecular formula is C13H14N2O2. The molecule has 1 amide bonds. The van der Waals surface area contributed by atoms with E-state index in [1.807, 2.05) is 18.2 Å². The molecule has 1 fully saturated rings. The van der Waals surface area contributed by atoms with Crippen molar-refractivity contribution < 1.29 is 9.53 Å². The van der Waals surface area contributed by atoms with Gasteiger partial charge in [0.15, 0.2) is 0 Å². The highest BCUT2D eigenvalue weighted by Gasteiger charge is 2.35. The molecule has 2 heterocycles. The fourth-order valence-corrected chi connectivity index (χ4v) is 2.30. The summed E-state index contributed by atoms with van der Waals surface area (Å²) in [5.41, 5.74) is 0.146. The van der Waals surface area contributed by atoms with E-state index in [4.69, 9.17) is 4.74 Å². The summed E-state index contributed by atoms with van der Waals surface area (Å²) >= 11 is 0. The molecule has 0 radical (unpaired) electrons. The first kappa shape index (κ1) is 10.5. The number of fused-ring (bicyclic) bond motifs is 1. The Labute approximate surface area is 99.7 Å². The number of nitrogens with zero attached hydrogens (tertiary/aromatic N) is 1. The van der Waals surface area contributed by atoms with Crippen molar-refractivity contribution in [2.24, 2.45) is 4.99 Å². The van der Waals surface area contributed by atoms with Crippen LogP contribution in [0.1, 0.15) is 23.2 Å². The van der Waals surface area contributed by atoms with Gasteiger partial charge in [-0.1, -0.05) is 12.1 Å². The van der Waals surface area contributed by atoms with E-state index < -0.39 is 5.60 Å². The second kappa shape index (κ2) is 3.96. The summed E-state index contributed by atoms with van der Waals surface area (Å²) in [5.74, 6) is 0.438. The molecule has 0 bridgehead atoms. The second-order valence-electron chi connectivity index (χ2n) is 4.48. The molecule has 4 nitrogen and oxygen atoms in total. The third-order valence-electron chi connectivity index (χ3n) is 3.30. The smallest absolute Gasteiger partial charge is 0.280 e. The maximum atomic E-state index is 11.8. The zero-order valence-electron chi connectivity index (χ0n) is 9.48. The number of piperidine rings is 1. The number of nitrogens with one attached hydrogen (secondary N) is 1. The molecule has 2 aliphatic heterocycles. The molecule has 1 aromatic carbocycles. The Morgan fingerprint density at radius 3 is 2.82 bits per heavy atom. The van der Waals surface area contributed by atoms with Gasteiger partial charge in [-0.3, -0.25) is 4.79 Å². The van der Waals surface area contributed by atoms with Gasteiger partial charge in [-0.15, -0.1) is 0 Å². The summed E-state index contributed by atoms with van der Waals surface area (Å²) < 4.78 is 6.05. The van der Waals surface area contributed by atoms with E-state index in [2.05, 4.69) is 10.3 Å². The molecule has 0 atom stereocenters. The minimum atomic E-state index is -0.409. The third-order valence-corrected chi connectivity index (χ3v) is 3.30. The summed E-state index contributed by atoms with van der Waals surface area (Å²) in [7, 11) is 0. The molecule has 3 rings (SSSR count). The number of benzene rings is 1. The van der Waals surface area contributed by atoms with Gasteiger partial charge in [-0.25, -0.2) is 4.99 Å². The van der Waals surface area contributed by atoms with Crippen LogP contribution in [0.3, 0.4) is 0 Å². The number of amides is 1. The Morgan fingerprint density at radius 1 is 1.24 bits per heavy atom. The number of carbonyl (C=O) groups is 1. The largest absolute Gasteiger partial charge is 0.481 e. The van der Waals surface area contributed by atoms with Crippen molar-refractivity contribution in [3.63, 3.8) is 0 Å². The van der Waals surface area contributed by atoms with E-state index in [0.717, 1.165) is 25.9 Å². The van der Waals surface area contributed by atoms with Gasteiger partial charge in [-0.05, 0) is 25.2 Å². The van der Waals surface area contributed by atoms with Crippen LogP contribution in [0.2, 0.25) is 0 Å². The first-order valence-electron chi connectivity index (χ1n) is 5.87. The first-order chi connectivity index (χ1) is 8.29. The normalized spacial score (nSPS) is 21.8. The van der Waals surface area contributed by atoms with Gasteiger partial charge in [0.25, 0.3) is 5.91 Å². The van der Waals surface area contributed by atoms with Crippen LogP contribution in [0.4, 0.5) is 0 Å². The summed E-state index contributed by atoms with van der Waals surface area (Å²) in [6.07, 6.45) is 3.38. The number of ether oxygens (including phenoxy) is 1. The molecule has 1 saturated heterocycles. The monoisotopic (exact) mass is 230 g/mol. The highest BCUT2D eigenvalue weighted by molar-refractivity contribution is 6.03. The third kappa shape index (κ3) is 1.85. The van der Waals surface area contributed by atoms with Crippen molar-refractivity contribution in [2.45, 2.75) is 18.4 Å². The quantitative estimate of drug-likeness (QED) is 0.733. The molecule has 0 unspecified atom stereocenters. The SMILES string of the molecule is O=C1N=CC2(CCNCC2)Oc2ccccc21. The lowest BCUT2D eigenvalue weighted by molar-refractivity contribution is 0.0997. The molecule has 1 aromatic rings. The summed E-state index contributed by atoms with van der Waals surface area (Å²) in [6.45, 7) is 1.78. The van der Waals surface area contributed by atoms with Crippen molar-refractivity contribution in [3.8, 4) is 5.75 Å². The molecule has 0 saturated carbocycles. The fraction of sp³-hybridized carbons (Fsp3) is 0.385. The van der Waals surface area contributed by atoms with Gasteiger partial charge in [-0.2, -0.15) is 0 Å². The molecule has 1 spiro atoms. The zero-order chi connectivity index (χ0) is 11.7. The highest BCUT2D eigenvalue weighted by atomic mass is 16.5. The Hall–Kier alpha value is -1.68. The highest BCUT2D eigenvalue weighted by Crippen LogP contribution is 2.30. The summed E-state index contributed by atoms with van der Waals surface area (Å²) in [4.78, 5) is 15.9. The molecule has 88 valence electrons. The van der Waals surface area contributed by atoms with E-state index in [9.17, 15) is 4.79 Å². The number of hydrogen-bond acceptors (Lipinski definition) is 3. The van der Waals surface area contributed by atoms with E-state index in [0.29, 0.717) is 11.3 Å². The van der Waals surface area contributed by atoms with Crippen LogP contribution in [0, 0.1) is 0 Å². The Kier molecular flexibility index (Phi) is 2.44. The van der Waals surface area contributed by atoms with Crippen LogP contribution >= 0.6 is 0 Å². The molecule has 0 aliphatic carbocycles. The van der Waals surface area contributed by atoms with Crippen molar-refractivity contribution >= 4 is 12.1 Å². The summed E-state index contributed by atoms with van der Waals surface area (Å²) in [5, 5.41) is 3.29. The molecular weight excluding hydrogens is 216 g/mol. The number of carbonyl (C=O) groups excluding carboxylic acids is 1. The molecule has 17 heavy (non-hydrogen) atoms. The number of para-hydroxylation sites is 1. The van der Waals surface area contributed by atoms with Crippen molar-refractivity contribution in [1.29, 1.82) is 0 Å². The zero-order valence-corrected chi connectivity index (χ0v) is 9.48. The second-order valence-corrected chi connectivity index (χ2v) is 4.48. The molecule has 4 heteroatoms. The first-order valence-corrected chi connectivity index (χ1v) is 5.87. The van der Waals surface area contributed by atoms with Crippen LogP contribution in [-0.4, -0.2) is 30.8 Å². The lowest BCUT2D eigenvalue weighted by Crippen LogP contribution is -2.47. The maximum Gasteiger partial charge on any atom is 0.280 e. The molecule has 1 N–H and O–H groups in total. The van der Waals surface area contributed by atoms with Crippen LogP contribution in [0.25, 0.3) is 0 Å². The Balaban J connectivity index is 2.02. The lowest BCUT2D eigenvalue weighted by Gasteiger charge is -2.34. The van der Waals surface area contributed by atoms with Crippen molar-refractivity contribution in [1.82, 2.24) is 5.32 Å². The van der Waals surface area contributed by atoms with E-state index in [1.54, 1.807) is 12.3 Å². The lowest BCUT2D eigenvalue weighted by atomic mass is 9.93. The minimum Gasteiger partial charge on any atom is -0.481 e. The summed E-state index contributed by atoms with van der Waals surface area (Å²) in [6, 6.07) is 7.31. The van der Waals surface area contributed by atoms with Crippen molar-refractivity contribution in [2.75, 3.05) is 13.1 Å². The number of hydrogen-bond donors (Lipinski definition) is 1. The van der Waals surface area contributed by atoms with Gasteiger partial charge in [0.05, 0.1) is 11.8 Å². The van der Waals surface area contributed by atoms with Crippen LogP contribution in [0.15, 0.2) is 29.3 Å². The Morgan fingerprint density at radius 2 is 2.00 bits per heavy atom. The van der Waals surface area contributed by atoms with Gasteiger partial charge in [0.2, 0.25) is 0 Å². The van der Waals surface area contributed by atoms with Crippen LogP contribution < -0.4 is 10.1 Å². The van der Waals surface area contributed by atoms with E-state index in [-0.39, 0.29) is 5.91 Å². The van der Waals surface area contributed by atoms with E-state index >= 15 is 0 Å². The number of aliphatic imine (C=N–C) groups is 1. The average Bonchev–Trinajstić information content (AvgIpc) is 2.50.